The van der Waals surface area contributed by atoms with Crippen molar-refractivity contribution in [2.24, 2.45) is 11.7 Å². The van der Waals surface area contributed by atoms with Gasteiger partial charge in [-0.15, -0.1) is 17.5 Å². The lowest BCUT2D eigenvalue weighted by molar-refractivity contribution is -0.145. The van der Waals surface area contributed by atoms with Crippen molar-refractivity contribution >= 4 is 18.3 Å². The summed E-state index contributed by atoms with van der Waals surface area (Å²) >= 11 is 0. The second-order valence-corrected chi connectivity index (χ2v) is 8.40. The van der Waals surface area contributed by atoms with Crippen molar-refractivity contribution in [3.63, 3.8) is 0 Å². The Morgan fingerprint density at radius 1 is 1.15 bits per heavy atom. The first-order valence-corrected chi connectivity index (χ1v) is 10.3. The highest BCUT2D eigenvalue weighted by molar-refractivity contribution is 5.85. The molecule has 3 atom stereocenters. The van der Waals surface area contributed by atoms with E-state index in [2.05, 4.69) is 10.1 Å². The lowest BCUT2D eigenvalue weighted by Crippen LogP contribution is -2.49. The molecular formula is C20H22ClF6N5O2. The molecule has 7 nitrogen and oxygen atoms in total. The van der Waals surface area contributed by atoms with Crippen molar-refractivity contribution in [2.45, 2.75) is 56.6 Å². The highest BCUT2D eigenvalue weighted by atomic mass is 35.5. The Bertz CT molecular complexity index is 1060. The van der Waals surface area contributed by atoms with Crippen LogP contribution in [-0.2, 0) is 23.9 Å². The van der Waals surface area contributed by atoms with Crippen LogP contribution in [0.1, 0.15) is 42.5 Å². The van der Waals surface area contributed by atoms with Crippen LogP contribution in [0.2, 0.25) is 0 Å². The van der Waals surface area contributed by atoms with Crippen LogP contribution in [0.5, 0.6) is 0 Å². The molecule has 0 radical (unpaired) electrons. The Morgan fingerprint density at radius 3 is 2.41 bits per heavy atom. The van der Waals surface area contributed by atoms with Crippen LogP contribution < -0.4 is 5.73 Å². The van der Waals surface area contributed by atoms with Crippen molar-refractivity contribution in [1.82, 2.24) is 19.7 Å². The SMILES string of the molecule is Cl.N[C@@H](CC(=O)N1CCn2nc(C(F)(F)F)nc2C1C(O)C1CC1)Cc1cc(F)c(F)cc1F. The topological polar surface area (TPSA) is 97.3 Å². The van der Waals surface area contributed by atoms with Crippen molar-refractivity contribution in [2.75, 3.05) is 6.54 Å². The number of nitrogens with zero attached hydrogens (tertiary/aromatic N) is 4. The van der Waals surface area contributed by atoms with Crippen molar-refractivity contribution < 1.29 is 36.2 Å². The van der Waals surface area contributed by atoms with Gasteiger partial charge in [0.25, 0.3) is 5.82 Å². The molecule has 1 saturated carbocycles. The summed E-state index contributed by atoms with van der Waals surface area (Å²) in [6.45, 7) is -0.0989. The summed E-state index contributed by atoms with van der Waals surface area (Å²) in [5, 5.41) is 14.2. The zero-order valence-electron chi connectivity index (χ0n) is 17.6. The highest BCUT2D eigenvalue weighted by Crippen LogP contribution is 2.42. The van der Waals surface area contributed by atoms with E-state index < -0.39 is 53.5 Å². The molecule has 2 aromatic rings. The summed E-state index contributed by atoms with van der Waals surface area (Å²) in [7, 11) is 0. The first kappa shape index (κ1) is 26.2. The van der Waals surface area contributed by atoms with E-state index in [0.29, 0.717) is 25.0 Å². The quantitative estimate of drug-likeness (QED) is 0.457. The second-order valence-electron chi connectivity index (χ2n) is 8.40. The Balaban J connectivity index is 0.00000324. The molecule has 1 fully saturated rings. The van der Waals surface area contributed by atoms with Gasteiger partial charge in [-0.3, -0.25) is 4.79 Å². The molecule has 2 unspecified atom stereocenters. The molecule has 2 heterocycles. The average molecular weight is 514 g/mol. The van der Waals surface area contributed by atoms with Gasteiger partial charge in [0.15, 0.2) is 17.5 Å². The van der Waals surface area contributed by atoms with Gasteiger partial charge in [0.2, 0.25) is 5.91 Å². The first-order chi connectivity index (χ1) is 15.5. The van der Waals surface area contributed by atoms with Gasteiger partial charge in [0.1, 0.15) is 11.9 Å². The molecule has 1 aromatic heterocycles. The number of aliphatic hydroxyl groups is 1. The normalized spacial score (nSPS) is 19.9. The third kappa shape index (κ3) is 5.31. The third-order valence-electron chi connectivity index (χ3n) is 5.86. The van der Waals surface area contributed by atoms with E-state index in [-0.39, 0.29) is 55.6 Å². The van der Waals surface area contributed by atoms with E-state index in [0.717, 1.165) is 4.68 Å². The first-order valence-electron chi connectivity index (χ1n) is 10.3. The Kier molecular flexibility index (Phi) is 7.48. The Labute approximate surface area is 196 Å². The molecule has 0 saturated heterocycles. The minimum absolute atomic E-state index is 0. The van der Waals surface area contributed by atoms with Gasteiger partial charge in [-0.05, 0) is 36.8 Å². The molecule has 1 aliphatic carbocycles. The second kappa shape index (κ2) is 9.70. The molecule has 1 aliphatic heterocycles. The number of carbonyl (C=O) groups excluding carboxylic acids is 1. The number of nitrogens with two attached hydrogens (primary N) is 1. The van der Waals surface area contributed by atoms with Crippen LogP contribution in [0, 0.1) is 23.4 Å². The van der Waals surface area contributed by atoms with E-state index in [1.54, 1.807) is 0 Å². The van der Waals surface area contributed by atoms with Gasteiger partial charge in [-0.2, -0.15) is 13.2 Å². The van der Waals surface area contributed by atoms with E-state index in [9.17, 15) is 36.2 Å². The van der Waals surface area contributed by atoms with Crippen LogP contribution in [-0.4, -0.2) is 49.4 Å². The predicted octanol–water partition coefficient (Wildman–Crippen LogP) is 2.75. The lowest BCUT2D eigenvalue weighted by Gasteiger charge is -2.38. The molecule has 34 heavy (non-hydrogen) atoms. The number of benzene rings is 1. The van der Waals surface area contributed by atoms with E-state index in [1.807, 2.05) is 0 Å². The molecule has 0 bridgehead atoms. The zero-order valence-corrected chi connectivity index (χ0v) is 18.4. The molecule has 188 valence electrons. The number of hydrogen-bond acceptors (Lipinski definition) is 5. The zero-order chi connectivity index (χ0) is 24.1. The van der Waals surface area contributed by atoms with Gasteiger partial charge in [0.05, 0.1) is 12.6 Å². The fourth-order valence-electron chi connectivity index (χ4n) is 4.07. The number of alkyl halides is 3. The number of rotatable bonds is 6. The number of aliphatic hydroxyl groups excluding tert-OH is 1. The maximum absolute atomic E-state index is 13.9. The van der Waals surface area contributed by atoms with Gasteiger partial charge < -0.3 is 15.7 Å². The van der Waals surface area contributed by atoms with Crippen molar-refractivity contribution in [3.05, 3.63) is 46.8 Å². The van der Waals surface area contributed by atoms with Crippen LogP contribution in [0.25, 0.3) is 0 Å². The van der Waals surface area contributed by atoms with Crippen molar-refractivity contribution in [1.29, 1.82) is 0 Å². The van der Waals surface area contributed by atoms with Gasteiger partial charge in [0, 0.05) is 25.1 Å². The summed E-state index contributed by atoms with van der Waals surface area (Å²) in [6.07, 6.45) is -5.23. The Morgan fingerprint density at radius 2 is 1.79 bits per heavy atom. The molecule has 1 amide bonds. The summed E-state index contributed by atoms with van der Waals surface area (Å²) in [6, 6.07) is -1.08. The third-order valence-corrected chi connectivity index (χ3v) is 5.86. The smallest absolute Gasteiger partial charge is 0.390 e. The number of halogens is 7. The molecule has 3 N–H and O–H groups in total. The molecule has 1 aromatic carbocycles. The number of hydrogen-bond donors (Lipinski definition) is 2. The van der Waals surface area contributed by atoms with E-state index in [1.165, 1.54) is 4.90 Å². The summed E-state index contributed by atoms with van der Waals surface area (Å²) in [5.74, 6) is -5.91. The van der Waals surface area contributed by atoms with Crippen molar-refractivity contribution in [3.8, 4) is 0 Å². The van der Waals surface area contributed by atoms with E-state index in [4.69, 9.17) is 5.73 Å². The van der Waals surface area contributed by atoms with Gasteiger partial charge in [-0.25, -0.2) is 22.8 Å². The standard InChI is InChI=1S/C20H21F6N5O2.ClH/c21-12-8-14(23)13(22)6-10(12)5-11(27)7-15(32)30-3-4-31-18(16(30)17(33)9-1-2-9)28-19(29-31)20(24,25)26;/h6,8-9,11,16-17,33H,1-5,7,27H2;1H/t11-,16?,17?;/m1./s1. The monoisotopic (exact) mass is 513 g/mol. The van der Waals surface area contributed by atoms with Crippen LogP contribution in [0.3, 0.4) is 0 Å². The number of fused-ring (bicyclic) bond motifs is 1. The lowest BCUT2D eigenvalue weighted by atomic mass is 9.99. The molecule has 14 heteroatoms. The number of carbonyl (C=O) groups is 1. The fraction of sp³-hybridized carbons (Fsp3) is 0.550. The minimum Gasteiger partial charge on any atom is -0.390 e. The number of aromatic nitrogens is 3. The molecule has 0 spiro atoms. The highest BCUT2D eigenvalue weighted by Gasteiger charge is 2.47. The number of amides is 1. The van der Waals surface area contributed by atoms with Gasteiger partial charge >= 0.3 is 6.18 Å². The minimum atomic E-state index is -4.79. The summed E-state index contributed by atoms with van der Waals surface area (Å²) < 4.78 is 80.8. The molecule has 2 aliphatic rings. The van der Waals surface area contributed by atoms with Crippen LogP contribution in [0.15, 0.2) is 12.1 Å². The molecular weight excluding hydrogens is 492 g/mol. The largest absolute Gasteiger partial charge is 0.453 e. The van der Waals surface area contributed by atoms with E-state index >= 15 is 0 Å². The Hall–Kier alpha value is -2.38. The van der Waals surface area contributed by atoms with Crippen LogP contribution >= 0.6 is 12.4 Å². The maximum Gasteiger partial charge on any atom is 0.453 e. The van der Waals surface area contributed by atoms with Crippen LogP contribution in [0.4, 0.5) is 26.3 Å². The fourth-order valence-corrected chi connectivity index (χ4v) is 4.07. The predicted molar refractivity (Wildman–Crippen MR) is 108 cm³/mol. The maximum atomic E-state index is 13.9. The summed E-state index contributed by atoms with van der Waals surface area (Å²) in [5.41, 5.74) is 5.73. The summed E-state index contributed by atoms with van der Waals surface area (Å²) in [4.78, 5) is 17.8. The average Bonchev–Trinajstić information content (AvgIpc) is 3.47. The molecule has 4 rings (SSSR count). The van der Waals surface area contributed by atoms with Gasteiger partial charge in [-0.1, -0.05) is 0 Å².